The molecule has 23 heavy (non-hydrogen) atoms. The molecule has 5 nitrogen and oxygen atoms in total. The van der Waals surface area contributed by atoms with Crippen LogP contribution in [-0.4, -0.2) is 29.5 Å². The number of hydrogen-bond acceptors (Lipinski definition) is 6. The largest absolute Gasteiger partial charge is 0.342 e. The Morgan fingerprint density at radius 2 is 1.96 bits per heavy atom. The highest BCUT2D eigenvalue weighted by molar-refractivity contribution is 7.22. The molecule has 1 amide bonds. The number of aryl methyl sites for hydroxylation is 3. The molecule has 0 saturated heterocycles. The molecule has 0 aliphatic heterocycles. The zero-order valence-corrected chi connectivity index (χ0v) is 15.1. The van der Waals surface area contributed by atoms with Crippen molar-refractivity contribution in [3.63, 3.8) is 0 Å². The molecule has 0 saturated carbocycles. The number of rotatable bonds is 4. The molecule has 3 rings (SSSR count). The highest BCUT2D eigenvalue weighted by Gasteiger charge is 2.15. The highest BCUT2D eigenvalue weighted by atomic mass is 32.1. The van der Waals surface area contributed by atoms with Gasteiger partial charge in [-0.15, -0.1) is 11.3 Å². The fourth-order valence-electron chi connectivity index (χ4n) is 2.26. The summed E-state index contributed by atoms with van der Waals surface area (Å²) < 4.78 is 1.18. The van der Waals surface area contributed by atoms with Crippen LogP contribution in [0, 0.1) is 20.8 Å². The van der Waals surface area contributed by atoms with E-state index in [9.17, 15) is 4.79 Å². The monoisotopic (exact) mass is 346 g/mol. The maximum Gasteiger partial charge on any atom is 0.245 e. The Labute approximate surface area is 143 Å². The summed E-state index contributed by atoms with van der Waals surface area (Å²) in [4.78, 5) is 23.0. The predicted octanol–water partition coefficient (Wildman–Crippen LogP) is 3.75. The van der Waals surface area contributed by atoms with Crippen LogP contribution in [0.15, 0.2) is 17.5 Å². The van der Waals surface area contributed by atoms with Gasteiger partial charge in [0.05, 0.1) is 22.5 Å². The molecule has 0 aliphatic rings. The summed E-state index contributed by atoms with van der Waals surface area (Å²) in [6.07, 6.45) is 0. The van der Waals surface area contributed by atoms with Crippen LogP contribution in [0.4, 0.5) is 10.3 Å². The topological polar surface area (TPSA) is 58.1 Å². The van der Waals surface area contributed by atoms with Crippen LogP contribution in [-0.2, 0) is 4.79 Å². The van der Waals surface area contributed by atoms with Crippen LogP contribution in [0.1, 0.15) is 16.8 Å². The zero-order valence-electron chi connectivity index (χ0n) is 13.5. The Balaban J connectivity index is 1.75. The van der Waals surface area contributed by atoms with Gasteiger partial charge in [0.1, 0.15) is 0 Å². The van der Waals surface area contributed by atoms with Gasteiger partial charge >= 0.3 is 0 Å². The summed E-state index contributed by atoms with van der Waals surface area (Å²) in [5, 5.41) is 6.22. The van der Waals surface area contributed by atoms with Crippen LogP contribution in [0.25, 0.3) is 10.2 Å². The summed E-state index contributed by atoms with van der Waals surface area (Å²) in [5.74, 6) is -0.0884. The number of aromatic nitrogens is 2. The van der Waals surface area contributed by atoms with Crippen molar-refractivity contribution in [2.24, 2.45) is 0 Å². The average Bonchev–Trinajstić information content (AvgIpc) is 3.10. The fourth-order valence-corrected chi connectivity index (χ4v) is 4.04. The minimum Gasteiger partial charge on any atom is -0.342 e. The molecule has 0 fully saturated rings. The van der Waals surface area contributed by atoms with Gasteiger partial charge in [-0.05, 0) is 31.9 Å². The van der Waals surface area contributed by atoms with E-state index >= 15 is 0 Å². The van der Waals surface area contributed by atoms with Crippen LogP contribution >= 0.6 is 22.7 Å². The third-order valence-electron chi connectivity index (χ3n) is 3.50. The number of nitrogens with zero attached hydrogens (tertiary/aromatic N) is 3. The van der Waals surface area contributed by atoms with E-state index < -0.39 is 0 Å². The molecule has 7 heteroatoms. The van der Waals surface area contributed by atoms with E-state index in [1.807, 2.05) is 24.3 Å². The van der Waals surface area contributed by atoms with Crippen LogP contribution in [0.2, 0.25) is 0 Å². The van der Waals surface area contributed by atoms with Crippen LogP contribution in [0.3, 0.4) is 0 Å². The first kappa shape index (κ1) is 15.9. The Kier molecular flexibility index (Phi) is 4.32. The molecule has 0 spiro atoms. The maximum atomic E-state index is 12.1. The van der Waals surface area contributed by atoms with E-state index in [0.29, 0.717) is 5.13 Å². The lowest BCUT2D eigenvalue weighted by Crippen LogP contribution is -2.29. The first-order valence-electron chi connectivity index (χ1n) is 7.24. The summed E-state index contributed by atoms with van der Waals surface area (Å²) in [6.45, 7) is 6.30. The van der Waals surface area contributed by atoms with Crippen LogP contribution < -0.4 is 10.2 Å². The van der Waals surface area contributed by atoms with Gasteiger partial charge in [0.2, 0.25) is 5.91 Å². The number of hydrogen-bond donors (Lipinski definition) is 1. The van der Waals surface area contributed by atoms with Gasteiger partial charge in [0, 0.05) is 12.4 Å². The van der Waals surface area contributed by atoms with Crippen molar-refractivity contribution in [1.29, 1.82) is 0 Å². The van der Waals surface area contributed by atoms with Crippen LogP contribution in [0.5, 0.6) is 0 Å². The predicted molar refractivity (Wildman–Crippen MR) is 97.8 cm³/mol. The van der Waals surface area contributed by atoms with E-state index in [2.05, 4.69) is 41.3 Å². The molecule has 2 heterocycles. The quantitative estimate of drug-likeness (QED) is 0.781. The molecule has 0 radical (unpaired) electrons. The van der Waals surface area contributed by atoms with E-state index in [-0.39, 0.29) is 12.5 Å². The second-order valence-corrected chi connectivity index (χ2v) is 7.41. The normalized spacial score (nSPS) is 11.0. The molecule has 0 unspecified atom stereocenters. The van der Waals surface area contributed by atoms with E-state index in [0.717, 1.165) is 21.9 Å². The zero-order chi connectivity index (χ0) is 16.6. The van der Waals surface area contributed by atoms with Crippen molar-refractivity contribution in [2.75, 3.05) is 23.8 Å². The number of thiazole rings is 2. The second-order valence-electron chi connectivity index (χ2n) is 5.57. The number of nitrogens with one attached hydrogen (secondary N) is 1. The second kappa shape index (κ2) is 6.25. The molecular formula is C16H18N4OS2. The van der Waals surface area contributed by atoms with Crippen molar-refractivity contribution >= 4 is 49.1 Å². The maximum absolute atomic E-state index is 12.1. The van der Waals surface area contributed by atoms with Crippen molar-refractivity contribution in [3.8, 4) is 0 Å². The third-order valence-corrected chi connectivity index (χ3v) is 5.68. The van der Waals surface area contributed by atoms with Gasteiger partial charge in [-0.1, -0.05) is 23.5 Å². The standard InChI is InChI=1S/C16H18N4OS2/c1-9-5-6-10(2)14-13(9)19-16(23-14)20(4)7-12(21)18-15-17-11(3)8-22-15/h5-6,8H,7H2,1-4H3,(H,17,18,21). The van der Waals surface area contributed by atoms with E-state index in [1.165, 1.54) is 21.6 Å². The van der Waals surface area contributed by atoms with E-state index in [1.54, 1.807) is 11.3 Å². The minimum absolute atomic E-state index is 0.0884. The average molecular weight is 346 g/mol. The first-order valence-corrected chi connectivity index (χ1v) is 8.93. The van der Waals surface area contributed by atoms with Gasteiger partial charge in [0.15, 0.2) is 10.3 Å². The highest BCUT2D eigenvalue weighted by Crippen LogP contribution is 2.32. The molecule has 120 valence electrons. The first-order chi connectivity index (χ1) is 10.9. The SMILES string of the molecule is Cc1csc(NC(=O)CN(C)c2nc3c(C)ccc(C)c3s2)n1. The van der Waals surface area contributed by atoms with Crippen molar-refractivity contribution in [1.82, 2.24) is 9.97 Å². The fraction of sp³-hybridized carbons (Fsp3) is 0.312. The van der Waals surface area contributed by atoms with Gasteiger partial charge in [-0.25, -0.2) is 9.97 Å². The number of benzene rings is 1. The number of fused-ring (bicyclic) bond motifs is 1. The molecule has 0 atom stereocenters. The molecule has 3 aromatic rings. The molecule has 2 aromatic heterocycles. The van der Waals surface area contributed by atoms with Gasteiger partial charge in [-0.2, -0.15) is 0 Å². The lowest BCUT2D eigenvalue weighted by atomic mass is 10.1. The number of anilines is 2. The third kappa shape index (κ3) is 3.35. The molecule has 0 aliphatic carbocycles. The number of amides is 1. The summed E-state index contributed by atoms with van der Waals surface area (Å²) >= 11 is 3.05. The Hall–Kier alpha value is -1.99. The van der Waals surface area contributed by atoms with Crippen molar-refractivity contribution in [3.05, 3.63) is 34.3 Å². The molecule has 1 aromatic carbocycles. The summed E-state index contributed by atoms with van der Waals surface area (Å²) in [7, 11) is 1.88. The van der Waals surface area contributed by atoms with Crippen molar-refractivity contribution < 1.29 is 4.79 Å². The summed E-state index contributed by atoms with van der Waals surface area (Å²) in [6, 6.07) is 4.19. The lowest BCUT2D eigenvalue weighted by Gasteiger charge is -2.14. The van der Waals surface area contributed by atoms with Gasteiger partial charge < -0.3 is 10.2 Å². The Morgan fingerprint density at radius 3 is 2.61 bits per heavy atom. The minimum atomic E-state index is -0.0884. The lowest BCUT2D eigenvalue weighted by molar-refractivity contribution is -0.114. The van der Waals surface area contributed by atoms with Gasteiger partial charge in [-0.3, -0.25) is 4.79 Å². The smallest absolute Gasteiger partial charge is 0.245 e. The Morgan fingerprint density at radius 1 is 1.22 bits per heavy atom. The molecular weight excluding hydrogens is 328 g/mol. The molecule has 0 bridgehead atoms. The number of likely N-dealkylation sites (N-methyl/N-ethyl adjacent to an activating group) is 1. The van der Waals surface area contributed by atoms with Crippen molar-refractivity contribution in [2.45, 2.75) is 20.8 Å². The number of carbonyl (C=O) groups is 1. The van der Waals surface area contributed by atoms with E-state index in [4.69, 9.17) is 0 Å². The molecule has 1 N–H and O–H groups in total. The number of carbonyl (C=O) groups excluding carboxylic acids is 1. The Bertz CT molecular complexity index is 829. The van der Waals surface area contributed by atoms with Gasteiger partial charge in [0.25, 0.3) is 0 Å². The summed E-state index contributed by atoms with van der Waals surface area (Å²) in [5.41, 5.74) is 4.30.